The minimum atomic E-state index is -0.414. The predicted molar refractivity (Wildman–Crippen MR) is 90.7 cm³/mol. The fourth-order valence-corrected chi connectivity index (χ4v) is 2.59. The van der Waals surface area contributed by atoms with E-state index in [-0.39, 0.29) is 11.5 Å². The fraction of sp³-hybridized carbons (Fsp3) is 0.333. The highest BCUT2D eigenvalue weighted by atomic mass is 16.5. The number of morpholine rings is 1. The van der Waals surface area contributed by atoms with Crippen LogP contribution < -0.4 is 16.2 Å². The van der Waals surface area contributed by atoms with Crippen LogP contribution in [-0.4, -0.2) is 36.3 Å². The third-order valence-electron chi connectivity index (χ3n) is 3.96. The Labute approximate surface area is 140 Å². The summed E-state index contributed by atoms with van der Waals surface area (Å²) in [6.07, 6.45) is 1.36. The van der Waals surface area contributed by atoms with Crippen LogP contribution in [0.15, 0.2) is 53.5 Å². The van der Waals surface area contributed by atoms with Gasteiger partial charge in [0, 0.05) is 31.9 Å². The van der Waals surface area contributed by atoms with Gasteiger partial charge in [0.2, 0.25) is 0 Å². The molecule has 126 valence electrons. The number of rotatable bonds is 5. The summed E-state index contributed by atoms with van der Waals surface area (Å²) in [5.74, 6) is -0.0953. The summed E-state index contributed by atoms with van der Waals surface area (Å²) in [5, 5.41) is 6.02. The van der Waals surface area contributed by atoms with Crippen molar-refractivity contribution in [1.82, 2.24) is 15.2 Å². The average Bonchev–Trinajstić information content (AvgIpc) is 2.63. The molecule has 0 bridgehead atoms. The molecule has 3 rings (SSSR count). The first kappa shape index (κ1) is 16.4. The molecule has 2 heterocycles. The SMILES string of the molecule is O=C(NCc1ccc(Cn2ccccc2=O)cc1)C1CNCCO1. The summed E-state index contributed by atoms with van der Waals surface area (Å²) >= 11 is 0. The monoisotopic (exact) mass is 327 g/mol. The molecule has 0 radical (unpaired) electrons. The van der Waals surface area contributed by atoms with Crippen molar-refractivity contribution in [3.05, 3.63) is 70.1 Å². The molecule has 1 aromatic heterocycles. The molecule has 0 saturated carbocycles. The van der Waals surface area contributed by atoms with Gasteiger partial charge in [-0.15, -0.1) is 0 Å². The highest BCUT2D eigenvalue weighted by Gasteiger charge is 2.21. The van der Waals surface area contributed by atoms with E-state index >= 15 is 0 Å². The molecule has 2 N–H and O–H groups in total. The van der Waals surface area contributed by atoms with Gasteiger partial charge in [0.25, 0.3) is 11.5 Å². The molecule has 1 atom stereocenters. The summed E-state index contributed by atoms with van der Waals surface area (Å²) in [6, 6.07) is 13.0. The van der Waals surface area contributed by atoms with Gasteiger partial charge in [-0.1, -0.05) is 30.3 Å². The average molecular weight is 327 g/mol. The molecule has 1 aromatic carbocycles. The van der Waals surface area contributed by atoms with Gasteiger partial charge in [-0.05, 0) is 17.2 Å². The lowest BCUT2D eigenvalue weighted by molar-refractivity contribution is -0.134. The molecule has 1 aliphatic heterocycles. The first-order valence-corrected chi connectivity index (χ1v) is 8.06. The van der Waals surface area contributed by atoms with Crippen LogP contribution in [-0.2, 0) is 22.6 Å². The summed E-state index contributed by atoms with van der Waals surface area (Å²) in [4.78, 5) is 23.7. The number of amides is 1. The Bertz CT molecular complexity index is 734. The zero-order chi connectivity index (χ0) is 16.8. The maximum atomic E-state index is 12.0. The second kappa shape index (κ2) is 7.90. The van der Waals surface area contributed by atoms with Crippen LogP contribution in [0.5, 0.6) is 0 Å². The van der Waals surface area contributed by atoms with Crippen molar-refractivity contribution in [1.29, 1.82) is 0 Å². The van der Waals surface area contributed by atoms with E-state index in [2.05, 4.69) is 10.6 Å². The van der Waals surface area contributed by atoms with Crippen molar-refractivity contribution in [2.45, 2.75) is 19.2 Å². The third kappa shape index (κ3) is 4.31. The molecule has 0 spiro atoms. The molecule has 1 amide bonds. The van der Waals surface area contributed by atoms with E-state index < -0.39 is 6.10 Å². The first-order chi connectivity index (χ1) is 11.7. The molecule has 0 aliphatic carbocycles. The molecule has 2 aromatic rings. The first-order valence-electron chi connectivity index (χ1n) is 8.06. The number of carbonyl (C=O) groups is 1. The second-order valence-corrected chi connectivity index (χ2v) is 5.76. The summed E-state index contributed by atoms with van der Waals surface area (Å²) < 4.78 is 7.07. The number of aromatic nitrogens is 1. The lowest BCUT2D eigenvalue weighted by Crippen LogP contribution is -2.47. The molecule has 6 heteroatoms. The Morgan fingerprint density at radius 1 is 1.21 bits per heavy atom. The Hall–Kier alpha value is -2.44. The van der Waals surface area contributed by atoms with Gasteiger partial charge < -0.3 is 19.9 Å². The zero-order valence-corrected chi connectivity index (χ0v) is 13.4. The molecule has 1 saturated heterocycles. The lowest BCUT2D eigenvalue weighted by atomic mass is 10.1. The molecule has 1 unspecified atom stereocenters. The highest BCUT2D eigenvalue weighted by Crippen LogP contribution is 2.06. The minimum absolute atomic E-state index is 0.0186. The van der Waals surface area contributed by atoms with Crippen LogP contribution in [0.1, 0.15) is 11.1 Å². The lowest BCUT2D eigenvalue weighted by Gasteiger charge is -2.22. The van der Waals surface area contributed by atoms with Gasteiger partial charge >= 0.3 is 0 Å². The zero-order valence-electron chi connectivity index (χ0n) is 13.4. The molecular formula is C18H21N3O3. The topological polar surface area (TPSA) is 72.4 Å². The van der Waals surface area contributed by atoms with Crippen molar-refractivity contribution >= 4 is 5.91 Å². The van der Waals surface area contributed by atoms with Gasteiger partial charge in [-0.3, -0.25) is 9.59 Å². The summed E-state index contributed by atoms with van der Waals surface area (Å²) in [6.45, 7) is 2.90. The Kier molecular flexibility index (Phi) is 5.40. The highest BCUT2D eigenvalue weighted by molar-refractivity contribution is 5.81. The molecule has 1 aliphatic rings. The number of hydrogen-bond acceptors (Lipinski definition) is 4. The van der Waals surface area contributed by atoms with Gasteiger partial charge in [-0.2, -0.15) is 0 Å². The third-order valence-corrected chi connectivity index (χ3v) is 3.96. The van der Waals surface area contributed by atoms with E-state index in [0.29, 0.717) is 26.2 Å². The van der Waals surface area contributed by atoms with E-state index in [0.717, 1.165) is 17.7 Å². The van der Waals surface area contributed by atoms with Gasteiger partial charge in [0.05, 0.1) is 13.2 Å². The quantitative estimate of drug-likeness (QED) is 0.839. The normalized spacial score (nSPS) is 17.4. The van der Waals surface area contributed by atoms with Gasteiger partial charge in [0.15, 0.2) is 0 Å². The Balaban J connectivity index is 1.54. The number of pyridine rings is 1. The Morgan fingerprint density at radius 2 is 2.00 bits per heavy atom. The van der Waals surface area contributed by atoms with Crippen LogP contribution in [0.2, 0.25) is 0 Å². The molecule has 6 nitrogen and oxygen atoms in total. The van der Waals surface area contributed by atoms with Crippen molar-refractivity contribution in [3.63, 3.8) is 0 Å². The van der Waals surface area contributed by atoms with E-state index in [1.54, 1.807) is 22.9 Å². The van der Waals surface area contributed by atoms with Gasteiger partial charge in [-0.25, -0.2) is 0 Å². The van der Waals surface area contributed by atoms with Crippen molar-refractivity contribution in [2.75, 3.05) is 19.7 Å². The number of carbonyl (C=O) groups excluding carboxylic acids is 1. The minimum Gasteiger partial charge on any atom is -0.366 e. The molecule has 1 fully saturated rings. The van der Waals surface area contributed by atoms with Crippen LogP contribution in [0.3, 0.4) is 0 Å². The van der Waals surface area contributed by atoms with E-state index in [4.69, 9.17) is 4.74 Å². The van der Waals surface area contributed by atoms with E-state index in [1.165, 1.54) is 0 Å². The smallest absolute Gasteiger partial charge is 0.250 e. The standard InChI is InChI=1S/C18H21N3O3/c22-17-3-1-2-9-21(17)13-15-6-4-14(5-7-15)11-20-18(23)16-12-19-8-10-24-16/h1-7,9,16,19H,8,10-13H2,(H,20,23). The number of ether oxygens (including phenoxy) is 1. The van der Waals surface area contributed by atoms with Crippen molar-refractivity contribution in [3.8, 4) is 0 Å². The van der Waals surface area contributed by atoms with Gasteiger partial charge in [0.1, 0.15) is 6.10 Å². The van der Waals surface area contributed by atoms with Crippen molar-refractivity contribution in [2.24, 2.45) is 0 Å². The molecule has 24 heavy (non-hydrogen) atoms. The maximum absolute atomic E-state index is 12.0. The van der Waals surface area contributed by atoms with Crippen LogP contribution >= 0.6 is 0 Å². The van der Waals surface area contributed by atoms with Crippen LogP contribution in [0.25, 0.3) is 0 Å². The summed E-state index contributed by atoms with van der Waals surface area (Å²) in [7, 11) is 0. The fourth-order valence-electron chi connectivity index (χ4n) is 2.59. The largest absolute Gasteiger partial charge is 0.366 e. The van der Waals surface area contributed by atoms with Crippen molar-refractivity contribution < 1.29 is 9.53 Å². The van der Waals surface area contributed by atoms with E-state index in [1.807, 2.05) is 30.3 Å². The predicted octanol–water partition coefficient (Wildman–Crippen LogP) is 0.501. The number of benzene rings is 1. The number of nitrogens with one attached hydrogen (secondary N) is 2. The van der Waals surface area contributed by atoms with Crippen LogP contribution in [0.4, 0.5) is 0 Å². The van der Waals surface area contributed by atoms with Crippen LogP contribution in [0, 0.1) is 0 Å². The Morgan fingerprint density at radius 3 is 2.71 bits per heavy atom. The maximum Gasteiger partial charge on any atom is 0.250 e. The summed E-state index contributed by atoms with van der Waals surface area (Å²) in [5.41, 5.74) is 2.03. The number of hydrogen-bond donors (Lipinski definition) is 2. The molecular weight excluding hydrogens is 306 g/mol. The van der Waals surface area contributed by atoms with E-state index in [9.17, 15) is 9.59 Å². The number of nitrogens with zero attached hydrogens (tertiary/aromatic N) is 1. The second-order valence-electron chi connectivity index (χ2n) is 5.76.